The maximum absolute atomic E-state index is 10.5. The molecule has 0 aromatic rings. The third kappa shape index (κ3) is 1.45. The van der Waals surface area contributed by atoms with Crippen molar-refractivity contribution in [1.29, 1.82) is 0 Å². The van der Waals surface area contributed by atoms with E-state index in [1.165, 1.54) is 0 Å². The van der Waals surface area contributed by atoms with Crippen molar-refractivity contribution < 1.29 is 9.84 Å². The van der Waals surface area contributed by atoms with Gasteiger partial charge in [-0.25, -0.2) is 0 Å². The molecule has 0 aromatic heterocycles. The molecule has 1 aliphatic heterocycles. The highest BCUT2D eigenvalue weighted by Gasteiger charge is 2.00. The van der Waals surface area contributed by atoms with Gasteiger partial charge in [0.2, 0.25) is 0 Å². The second-order valence-corrected chi connectivity index (χ2v) is 1.81. The summed E-state index contributed by atoms with van der Waals surface area (Å²) in [6, 6.07) is 0. The van der Waals surface area contributed by atoms with Gasteiger partial charge in [0.05, 0.1) is 0 Å². The van der Waals surface area contributed by atoms with Gasteiger partial charge in [0.25, 0.3) is 0 Å². The molecule has 0 bridgehead atoms. The van der Waals surface area contributed by atoms with Gasteiger partial charge in [-0.05, 0) is 12.8 Å². The van der Waals surface area contributed by atoms with Crippen LogP contribution < -0.4 is 5.11 Å². The summed E-state index contributed by atoms with van der Waals surface area (Å²) in [5.41, 5.74) is 0. The summed E-state index contributed by atoms with van der Waals surface area (Å²) in [6.45, 7) is 1.35. The van der Waals surface area contributed by atoms with E-state index in [0.29, 0.717) is 26.1 Å². The lowest BCUT2D eigenvalue weighted by atomic mass is 10.2. The number of hydrogen-bond acceptors (Lipinski definition) is 2. The zero-order valence-corrected chi connectivity index (χ0v) is 4.22. The van der Waals surface area contributed by atoms with Gasteiger partial charge in [-0.1, -0.05) is 0 Å². The molecule has 42 valence electrons. The molecule has 0 saturated carbocycles. The molecule has 2 nitrogen and oxygen atoms in total. The fourth-order valence-electron chi connectivity index (χ4n) is 0.676. The van der Waals surface area contributed by atoms with Gasteiger partial charge in [0, 0.05) is 13.2 Å². The van der Waals surface area contributed by atoms with Crippen LogP contribution in [0.25, 0.3) is 0 Å². The van der Waals surface area contributed by atoms with E-state index in [4.69, 9.17) is 4.74 Å². The van der Waals surface area contributed by atoms with Gasteiger partial charge < -0.3 is 9.84 Å². The van der Waals surface area contributed by atoms with E-state index < -0.39 is 0 Å². The lowest BCUT2D eigenvalue weighted by Gasteiger charge is -2.26. The Hall–Kier alpha value is -0.0800. The van der Waals surface area contributed by atoms with Crippen LogP contribution in [0.5, 0.6) is 0 Å². The highest BCUT2D eigenvalue weighted by atomic mass is 16.5. The van der Waals surface area contributed by atoms with Crippen LogP contribution in [0, 0.1) is 0 Å². The van der Waals surface area contributed by atoms with Gasteiger partial charge in [-0.3, -0.25) is 0 Å². The third-order valence-electron chi connectivity index (χ3n) is 1.17. The van der Waals surface area contributed by atoms with Gasteiger partial charge in [0.1, 0.15) is 0 Å². The SMILES string of the molecule is [O-]C1CCOCC1. The fourth-order valence-corrected chi connectivity index (χ4v) is 0.676. The van der Waals surface area contributed by atoms with Crippen LogP contribution >= 0.6 is 0 Å². The summed E-state index contributed by atoms with van der Waals surface area (Å²) in [5, 5.41) is 10.5. The molecule has 0 unspecified atom stereocenters. The van der Waals surface area contributed by atoms with Crippen molar-refractivity contribution in [2.45, 2.75) is 18.9 Å². The Morgan fingerprint density at radius 3 is 2.14 bits per heavy atom. The van der Waals surface area contributed by atoms with Gasteiger partial charge in [-0.15, -0.1) is 6.10 Å². The van der Waals surface area contributed by atoms with E-state index in [-0.39, 0.29) is 6.10 Å². The quantitative estimate of drug-likeness (QED) is 0.413. The average Bonchev–Trinajstić information content (AvgIpc) is 1.69. The molecule has 0 aromatic carbocycles. The van der Waals surface area contributed by atoms with Crippen molar-refractivity contribution in [3.8, 4) is 0 Å². The van der Waals surface area contributed by atoms with E-state index >= 15 is 0 Å². The highest BCUT2D eigenvalue weighted by molar-refractivity contribution is 4.56. The Bertz CT molecular complexity index is 48.0. The molecular weight excluding hydrogens is 92.1 g/mol. The maximum Gasteiger partial charge on any atom is 0.0455 e. The molecule has 0 N–H and O–H groups in total. The van der Waals surface area contributed by atoms with E-state index in [0.717, 1.165) is 0 Å². The Kier molecular flexibility index (Phi) is 1.65. The predicted octanol–water partition coefficient (Wildman–Crippen LogP) is -0.474. The molecular formula is C5H9O2-. The molecule has 0 aliphatic carbocycles. The fraction of sp³-hybridized carbons (Fsp3) is 1.00. The Morgan fingerprint density at radius 1 is 1.29 bits per heavy atom. The first kappa shape index (κ1) is 5.06. The molecule has 0 atom stereocenters. The van der Waals surface area contributed by atoms with E-state index in [9.17, 15) is 5.11 Å². The first-order valence-electron chi connectivity index (χ1n) is 2.63. The molecule has 0 radical (unpaired) electrons. The van der Waals surface area contributed by atoms with Crippen LogP contribution in [0.15, 0.2) is 0 Å². The van der Waals surface area contributed by atoms with Crippen LogP contribution in [-0.2, 0) is 4.74 Å². The van der Waals surface area contributed by atoms with E-state index in [1.54, 1.807) is 0 Å². The first-order valence-corrected chi connectivity index (χ1v) is 2.63. The molecule has 0 spiro atoms. The van der Waals surface area contributed by atoms with Crippen molar-refractivity contribution in [2.24, 2.45) is 0 Å². The normalized spacial score (nSPS) is 25.3. The Balaban J connectivity index is 2.12. The number of rotatable bonds is 0. The van der Waals surface area contributed by atoms with Gasteiger partial charge in [0.15, 0.2) is 0 Å². The first-order chi connectivity index (χ1) is 3.39. The van der Waals surface area contributed by atoms with E-state index in [2.05, 4.69) is 0 Å². The van der Waals surface area contributed by atoms with Crippen molar-refractivity contribution in [3.05, 3.63) is 0 Å². The molecule has 2 heteroatoms. The molecule has 1 aliphatic rings. The van der Waals surface area contributed by atoms with Crippen molar-refractivity contribution in [3.63, 3.8) is 0 Å². The molecule has 7 heavy (non-hydrogen) atoms. The zero-order chi connectivity index (χ0) is 5.11. The van der Waals surface area contributed by atoms with Gasteiger partial charge in [-0.2, -0.15) is 0 Å². The van der Waals surface area contributed by atoms with Crippen LogP contribution in [-0.4, -0.2) is 19.3 Å². The summed E-state index contributed by atoms with van der Waals surface area (Å²) in [5.74, 6) is 0. The maximum atomic E-state index is 10.5. The predicted molar refractivity (Wildman–Crippen MR) is 23.8 cm³/mol. The zero-order valence-electron chi connectivity index (χ0n) is 4.22. The standard InChI is InChI=1S/C5H9O2/c6-5-1-3-7-4-2-5/h5H,1-4H2/q-1. The minimum absolute atomic E-state index is 0.339. The summed E-state index contributed by atoms with van der Waals surface area (Å²) in [6.07, 6.45) is 1.08. The number of ether oxygens (including phenoxy) is 1. The topological polar surface area (TPSA) is 32.3 Å². The van der Waals surface area contributed by atoms with Crippen LogP contribution in [0.1, 0.15) is 12.8 Å². The largest absolute Gasteiger partial charge is 0.852 e. The Morgan fingerprint density at radius 2 is 1.86 bits per heavy atom. The molecule has 1 rings (SSSR count). The number of hydrogen-bond donors (Lipinski definition) is 0. The summed E-state index contributed by atoms with van der Waals surface area (Å²) >= 11 is 0. The average molecular weight is 101 g/mol. The van der Waals surface area contributed by atoms with Crippen molar-refractivity contribution in [1.82, 2.24) is 0 Å². The second-order valence-electron chi connectivity index (χ2n) is 1.81. The monoisotopic (exact) mass is 101 g/mol. The molecule has 1 heterocycles. The highest BCUT2D eigenvalue weighted by Crippen LogP contribution is 2.01. The molecule has 1 saturated heterocycles. The van der Waals surface area contributed by atoms with Crippen LogP contribution in [0.4, 0.5) is 0 Å². The third-order valence-corrected chi connectivity index (χ3v) is 1.17. The Labute approximate surface area is 43.1 Å². The van der Waals surface area contributed by atoms with Gasteiger partial charge >= 0.3 is 0 Å². The van der Waals surface area contributed by atoms with Crippen LogP contribution in [0.2, 0.25) is 0 Å². The molecule has 0 amide bonds. The summed E-state index contributed by atoms with van der Waals surface area (Å²) in [4.78, 5) is 0. The summed E-state index contributed by atoms with van der Waals surface area (Å²) in [7, 11) is 0. The smallest absolute Gasteiger partial charge is 0.0455 e. The summed E-state index contributed by atoms with van der Waals surface area (Å²) < 4.78 is 4.94. The molecule has 1 fully saturated rings. The van der Waals surface area contributed by atoms with Crippen LogP contribution in [0.3, 0.4) is 0 Å². The minimum Gasteiger partial charge on any atom is -0.852 e. The minimum atomic E-state index is -0.339. The van der Waals surface area contributed by atoms with Crippen molar-refractivity contribution >= 4 is 0 Å². The lowest BCUT2D eigenvalue weighted by Crippen LogP contribution is -2.31. The van der Waals surface area contributed by atoms with E-state index in [1.807, 2.05) is 0 Å². The lowest BCUT2D eigenvalue weighted by molar-refractivity contribution is -0.429. The van der Waals surface area contributed by atoms with Crippen molar-refractivity contribution in [2.75, 3.05) is 13.2 Å². The second kappa shape index (κ2) is 2.28.